The number of carbonyl (C=O) groups is 2. The second kappa shape index (κ2) is 8.02. The van der Waals surface area contributed by atoms with Gasteiger partial charge < -0.3 is 10.2 Å². The molecule has 2 aromatic carbocycles. The molecule has 3 rings (SSSR count). The maximum atomic E-state index is 13.4. The molecular weight excluding hydrogens is 405 g/mol. The third-order valence-corrected chi connectivity index (χ3v) is 6.36. The first kappa shape index (κ1) is 22.8. The standard InChI is InChI=1S/C24H27F3N2O2/c1-6-23(22(31)28-19-11-14(2)10-18(12-19)24(25,26)27)13-29(21(30)17(23)5)20-15(3)8-7-9-16(20)4/h7-12,17H,6,13H2,1-5H3,(H,28,31)/t17?,23-/m1/s1. The van der Waals surface area contributed by atoms with Crippen molar-refractivity contribution in [3.63, 3.8) is 0 Å². The molecule has 2 atom stereocenters. The van der Waals surface area contributed by atoms with Crippen LogP contribution in [0.15, 0.2) is 36.4 Å². The molecule has 0 saturated carbocycles. The number of benzene rings is 2. The van der Waals surface area contributed by atoms with E-state index in [-0.39, 0.29) is 18.1 Å². The Hall–Kier alpha value is -2.83. The highest BCUT2D eigenvalue weighted by atomic mass is 19.4. The third-order valence-electron chi connectivity index (χ3n) is 6.36. The lowest BCUT2D eigenvalue weighted by Crippen LogP contribution is -2.42. The van der Waals surface area contributed by atoms with E-state index in [0.29, 0.717) is 12.0 Å². The van der Waals surface area contributed by atoms with Crippen LogP contribution in [-0.2, 0) is 15.8 Å². The fourth-order valence-electron chi connectivity index (χ4n) is 4.51. The van der Waals surface area contributed by atoms with Gasteiger partial charge in [0.2, 0.25) is 11.8 Å². The summed E-state index contributed by atoms with van der Waals surface area (Å²) in [5.41, 5.74) is 1.26. The summed E-state index contributed by atoms with van der Waals surface area (Å²) >= 11 is 0. The molecule has 0 aromatic heterocycles. The molecule has 1 heterocycles. The second-order valence-corrected chi connectivity index (χ2v) is 8.44. The van der Waals surface area contributed by atoms with Crippen LogP contribution < -0.4 is 10.2 Å². The van der Waals surface area contributed by atoms with E-state index in [2.05, 4.69) is 5.32 Å². The van der Waals surface area contributed by atoms with Crippen molar-refractivity contribution in [1.29, 1.82) is 0 Å². The average Bonchev–Trinajstić information content (AvgIpc) is 2.93. The van der Waals surface area contributed by atoms with E-state index in [1.54, 1.807) is 18.7 Å². The van der Waals surface area contributed by atoms with E-state index in [1.165, 1.54) is 6.07 Å². The number of para-hydroxylation sites is 1. The molecule has 1 aliphatic heterocycles. The fraction of sp³-hybridized carbons (Fsp3) is 0.417. The second-order valence-electron chi connectivity index (χ2n) is 8.44. The highest BCUT2D eigenvalue weighted by molar-refractivity contribution is 6.07. The van der Waals surface area contributed by atoms with Gasteiger partial charge in [-0.2, -0.15) is 13.2 Å². The van der Waals surface area contributed by atoms with Crippen LogP contribution in [0.25, 0.3) is 0 Å². The molecule has 1 fully saturated rings. The maximum Gasteiger partial charge on any atom is 0.416 e. The number of rotatable bonds is 4. The summed E-state index contributed by atoms with van der Waals surface area (Å²) in [6.07, 6.45) is -4.13. The molecule has 1 unspecified atom stereocenters. The van der Waals surface area contributed by atoms with Crippen molar-refractivity contribution in [2.75, 3.05) is 16.8 Å². The molecule has 0 spiro atoms. The lowest BCUT2D eigenvalue weighted by molar-refractivity contribution is -0.137. The molecule has 31 heavy (non-hydrogen) atoms. The third kappa shape index (κ3) is 4.05. The van der Waals surface area contributed by atoms with Crippen molar-refractivity contribution in [2.45, 2.75) is 47.2 Å². The maximum absolute atomic E-state index is 13.4. The molecule has 1 aliphatic rings. The van der Waals surface area contributed by atoms with Crippen LogP contribution in [0.4, 0.5) is 24.5 Å². The molecule has 4 nitrogen and oxygen atoms in total. The number of anilines is 2. The van der Waals surface area contributed by atoms with E-state index >= 15 is 0 Å². The Bertz CT molecular complexity index is 1010. The summed E-state index contributed by atoms with van der Waals surface area (Å²) in [5.74, 6) is -1.21. The van der Waals surface area contributed by atoms with E-state index in [1.807, 2.05) is 39.0 Å². The van der Waals surface area contributed by atoms with Gasteiger partial charge in [0.05, 0.1) is 16.9 Å². The number of aryl methyl sites for hydroxylation is 3. The molecule has 0 radical (unpaired) electrons. The smallest absolute Gasteiger partial charge is 0.326 e. The summed E-state index contributed by atoms with van der Waals surface area (Å²) in [4.78, 5) is 28.2. The minimum Gasteiger partial charge on any atom is -0.326 e. The van der Waals surface area contributed by atoms with E-state index in [4.69, 9.17) is 0 Å². The molecule has 166 valence electrons. The van der Waals surface area contributed by atoms with Gasteiger partial charge in [0.1, 0.15) is 0 Å². The zero-order valence-electron chi connectivity index (χ0n) is 18.4. The zero-order chi connectivity index (χ0) is 23.1. The summed E-state index contributed by atoms with van der Waals surface area (Å²) in [7, 11) is 0. The lowest BCUT2D eigenvalue weighted by atomic mass is 9.75. The molecule has 0 aliphatic carbocycles. The Morgan fingerprint density at radius 1 is 1.16 bits per heavy atom. The van der Waals surface area contributed by atoms with Crippen LogP contribution in [0.5, 0.6) is 0 Å². The molecule has 2 aromatic rings. The zero-order valence-corrected chi connectivity index (χ0v) is 18.4. The first-order valence-electron chi connectivity index (χ1n) is 10.3. The van der Waals surface area contributed by atoms with Crippen molar-refractivity contribution in [3.8, 4) is 0 Å². The topological polar surface area (TPSA) is 49.4 Å². The van der Waals surface area contributed by atoms with E-state index in [9.17, 15) is 22.8 Å². The van der Waals surface area contributed by atoms with Crippen molar-refractivity contribution >= 4 is 23.2 Å². The first-order chi connectivity index (χ1) is 14.4. The summed E-state index contributed by atoms with van der Waals surface area (Å²) in [5, 5.41) is 2.66. The highest BCUT2D eigenvalue weighted by Crippen LogP contribution is 2.44. The summed E-state index contributed by atoms with van der Waals surface area (Å²) in [6, 6.07) is 9.21. The Kier molecular flexibility index (Phi) is 5.91. The van der Waals surface area contributed by atoms with Crippen LogP contribution in [0, 0.1) is 32.1 Å². The van der Waals surface area contributed by atoms with Crippen LogP contribution in [-0.4, -0.2) is 18.4 Å². The number of hydrogen-bond donors (Lipinski definition) is 1. The summed E-state index contributed by atoms with van der Waals surface area (Å²) < 4.78 is 39.6. The van der Waals surface area contributed by atoms with E-state index < -0.39 is 29.0 Å². The highest BCUT2D eigenvalue weighted by Gasteiger charge is 2.54. The largest absolute Gasteiger partial charge is 0.416 e. The van der Waals surface area contributed by atoms with Crippen LogP contribution in [0.2, 0.25) is 0 Å². The minimum atomic E-state index is -4.51. The van der Waals surface area contributed by atoms with Crippen molar-refractivity contribution in [1.82, 2.24) is 0 Å². The minimum absolute atomic E-state index is 0.0790. The lowest BCUT2D eigenvalue weighted by Gasteiger charge is -2.30. The number of nitrogens with zero attached hydrogens (tertiary/aromatic N) is 1. The van der Waals surface area contributed by atoms with Crippen LogP contribution in [0.3, 0.4) is 0 Å². The molecule has 1 N–H and O–H groups in total. The van der Waals surface area contributed by atoms with Gasteiger partial charge in [0.25, 0.3) is 0 Å². The molecule has 0 bridgehead atoms. The predicted octanol–water partition coefficient (Wildman–Crippen LogP) is 5.65. The summed E-state index contributed by atoms with van der Waals surface area (Å²) in [6.45, 7) is 9.10. The van der Waals surface area contributed by atoms with Gasteiger partial charge >= 0.3 is 6.18 Å². The molecule has 7 heteroatoms. The predicted molar refractivity (Wildman–Crippen MR) is 115 cm³/mol. The molecular formula is C24H27F3N2O2. The Labute approximate surface area is 180 Å². The fourth-order valence-corrected chi connectivity index (χ4v) is 4.51. The first-order valence-corrected chi connectivity index (χ1v) is 10.3. The molecule has 1 saturated heterocycles. The number of nitrogens with one attached hydrogen (secondary N) is 1. The van der Waals surface area contributed by atoms with Gasteiger partial charge in [-0.05, 0) is 62.1 Å². The number of alkyl halides is 3. The number of carbonyl (C=O) groups excluding carboxylic acids is 2. The Morgan fingerprint density at radius 3 is 2.32 bits per heavy atom. The quantitative estimate of drug-likeness (QED) is 0.679. The normalized spacial score (nSPS) is 21.5. The number of hydrogen-bond acceptors (Lipinski definition) is 2. The van der Waals surface area contributed by atoms with Crippen molar-refractivity contribution < 1.29 is 22.8 Å². The average molecular weight is 432 g/mol. The van der Waals surface area contributed by atoms with Gasteiger partial charge in [-0.1, -0.05) is 32.0 Å². The van der Waals surface area contributed by atoms with Gasteiger partial charge in [-0.3, -0.25) is 9.59 Å². The monoisotopic (exact) mass is 432 g/mol. The molecule has 2 amide bonds. The van der Waals surface area contributed by atoms with Gasteiger partial charge in [-0.25, -0.2) is 0 Å². The van der Waals surface area contributed by atoms with Crippen LogP contribution in [0.1, 0.15) is 42.5 Å². The Morgan fingerprint density at radius 2 is 1.77 bits per heavy atom. The van der Waals surface area contributed by atoms with Crippen molar-refractivity contribution in [3.05, 3.63) is 58.7 Å². The van der Waals surface area contributed by atoms with E-state index in [0.717, 1.165) is 28.9 Å². The van der Waals surface area contributed by atoms with Gasteiger partial charge in [-0.15, -0.1) is 0 Å². The number of halogens is 3. The number of amides is 2. The van der Waals surface area contributed by atoms with Gasteiger partial charge in [0.15, 0.2) is 0 Å². The van der Waals surface area contributed by atoms with Crippen LogP contribution >= 0.6 is 0 Å². The SMILES string of the molecule is CC[C@@]1(C(=O)Nc2cc(C)cc(C(F)(F)F)c2)CN(c2c(C)cccc2C)C(=O)C1C. The van der Waals surface area contributed by atoms with Gasteiger partial charge in [0, 0.05) is 17.9 Å². The van der Waals surface area contributed by atoms with Crippen molar-refractivity contribution in [2.24, 2.45) is 11.3 Å². The Balaban J connectivity index is 1.96.